The molecule has 2 fully saturated rings. The number of nitrogens with one attached hydrogen (secondary N) is 3. The fourth-order valence-electron chi connectivity index (χ4n) is 5.12. The first kappa shape index (κ1) is 27.3. The summed E-state index contributed by atoms with van der Waals surface area (Å²) in [5.41, 5.74) is 1.46. The van der Waals surface area contributed by atoms with Crippen molar-refractivity contribution in [1.29, 1.82) is 0 Å². The van der Waals surface area contributed by atoms with Crippen LogP contribution in [0.3, 0.4) is 0 Å². The fraction of sp³-hybridized carbons (Fsp3) is 0.556. The number of halogens is 1. The molecular formula is C27H38BrN7O2. The van der Waals surface area contributed by atoms with Gasteiger partial charge in [-0.2, -0.15) is 4.98 Å². The van der Waals surface area contributed by atoms with Crippen LogP contribution < -0.4 is 16.0 Å². The highest BCUT2D eigenvalue weighted by atomic mass is 79.9. The number of carbonyl (C=O) groups is 2. The molecule has 2 amide bonds. The zero-order chi connectivity index (χ0) is 26.5. The Balaban J connectivity index is 1.39. The summed E-state index contributed by atoms with van der Waals surface area (Å²) < 4.78 is 0.742. The zero-order valence-electron chi connectivity index (χ0n) is 22.1. The monoisotopic (exact) mass is 571 g/mol. The summed E-state index contributed by atoms with van der Waals surface area (Å²) in [6.45, 7) is 5.98. The fourth-order valence-corrected chi connectivity index (χ4v) is 5.42. The lowest BCUT2D eigenvalue weighted by Crippen LogP contribution is -2.44. The average Bonchev–Trinajstić information content (AvgIpc) is 3.34. The number of nitrogens with zero attached hydrogens (tertiary/aromatic N) is 4. The first-order chi connectivity index (χ1) is 17.7. The highest BCUT2D eigenvalue weighted by Gasteiger charge is 2.34. The van der Waals surface area contributed by atoms with E-state index in [0.29, 0.717) is 17.3 Å². The molecule has 0 unspecified atom stereocenters. The smallest absolute Gasteiger partial charge is 0.253 e. The van der Waals surface area contributed by atoms with Crippen LogP contribution >= 0.6 is 15.9 Å². The maximum Gasteiger partial charge on any atom is 0.253 e. The van der Waals surface area contributed by atoms with Gasteiger partial charge in [-0.05, 0) is 99.9 Å². The third-order valence-electron chi connectivity index (χ3n) is 7.29. The van der Waals surface area contributed by atoms with Crippen molar-refractivity contribution in [3.63, 3.8) is 0 Å². The number of piperidine rings is 1. The molecule has 2 heterocycles. The van der Waals surface area contributed by atoms with Crippen LogP contribution in [0.5, 0.6) is 0 Å². The highest BCUT2D eigenvalue weighted by Crippen LogP contribution is 2.31. The second kappa shape index (κ2) is 12.2. The Labute approximate surface area is 227 Å². The van der Waals surface area contributed by atoms with Gasteiger partial charge in [0.2, 0.25) is 11.9 Å². The minimum atomic E-state index is -0.0848. The van der Waals surface area contributed by atoms with Crippen molar-refractivity contribution in [3.8, 4) is 0 Å². The Kier molecular flexibility index (Phi) is 9.02. The molecule has 2 atom stereocenters. The molecule has 2 aliphatic rings. The van der Waals surface area contributed by atoms with Crippen molar-refractivity contribution in [2.75, 3.05) is 37.8 Å². The van der Waals surface area contributed by atoms with E-state index in [9.17, 15) is 9.59 Å². The standard InChI is InChI=1S/C27H38BrN7O2/c1-17(2)30-25(36)21-6-5-7-23(21)32-24-22(28)16-29-27(33-24)31-19-10-8-18(9-11-19)26(37)35(4)20-12-14-34(3)15-13-20/h8-11,16-17,20-21,23H,5-7,12-15H2,1-4H3,(H,30,36)(H2,29,31,32,33)/t21-,23+/m0/s1. The van der Waals surface area contributed by atoms with Gasteiger partial charge in [0, 0.05) is 42.6 Å². The molecule has 0 radical (unpaired) electrons. The predicted molar refractivity (Wildman–Crippen MR) is 150 cm³/mol. The molecule has 1 aliphatic carbocycles. The average molecular weight is 573 g/mol. The first-order valence-electron chi connectivity index (χ1n) is 13.1. The van der Waals surface area contributed by atoms with E-state index >= 15 is 0 Å². The maximum absolute atomic E-state index is 13.0. The van der Waals surface area contributed by atoms with Gasteiger partial charge in [-0.1, -0.05) is 6.42 Å². The second-order valence-corrected chi connectivity index (χ2v) is 11.3. The Bertz CT molecular complexity index is 1090. The largest absolute Gasteiger partial charge is 0.365 e. The second-order valence-electron chi connectivity index (χ2n) is 10.5. The van der Waals surface area contributed by atoms with Gasteiger partial charge in [0.25, 0.3) is 5.91 Å². The normalized spacial score (nSPS) is 20.6. The lowest BCUT2D eigenvalue weighted by atomic mass is 10.0. The van der Waals surface area contributed by atoms with E-state index in [2.05, 4.69) is 53.8 Å². The highest BCUT2D eigenvalue weighted by molar-refractivity contribution is 9.10. The molecule has 37 heavy (non-hydrogen) atoms. The predicted octanol–water partition coefficient (Wildman–Crippen LogP) is 4.25. The Morgan fingerprint density at radius 1 is 1.11 bits per heavy atom. The number of hydrogen-bond acceptors (Lipinski definition) is 7. The summed E-state index contributed by atoms with van der Waals surface area (Å²) >= 11 is 3.53. The molecule has 4 rings (SSSR count). The summed E-state index contributed by atoms with van der Waals surface area (Å²) in [5, 5.41) is 9.72. The molecular weight excluding hydrogens is 534 g/mol. The molecule has 2 aromatic rings. The van der Waals surface area contributed by atoms with Gasteiger partial charge >= 0.3 is 0 Å². The van der Waals surface area contributed by atoms with E-state index in [1.165, 1.54) is 0 Å². The lowest BCUT2D eigenvalue weighted by Gasteiger charge is -2.35. The summed E-state index contributed by atoms with van der Waals surface area (Å²) in [6.07, 6.45) is 6.47. The van der Waals surface area contributed by atoms with E-state index in [1.807, 2.05) is 50.1 Å². The van der Waals surface area contributed by atoms with Gasteiger partial charge in [-0.15, -0.1) is 0 Å². The number of hydrogen-bond donors (Lipinski definition) is 3. The third-order valence-corrected chi connectivity index (χ3v) is 7.87. The molecule has 0 bridgehead atoms. The first-order valence-corrected chi connectivity index (χ1v) is 13.9. The number of anilines is 3. The van der Waals surface area contributed by atoms with Crippen LogP contribution in [0.2, 0.25) is 0 Å². The van der Waals surface area contributed by atoms with Crippen LogP contribution in [0.1, 0.15) is 56.3 Å². The Morgan fingerprint density at radius 3 is 2.49 bits per heavy atom. The van der Waals surface area contributed by atoms with Crippen LogP contribution in [-0.4, -0.2) is 76.9 Å². The Morgan fingerprint density at radius 2 is 1.81 bits per heavy atom. The van der Waals surface area contributed by atoms with Crippen molar-refractivity contribution in [2.45, 2.75) is 64.1 Å². The number of aromatic nitrogens is 2. The SMILES string of the molecule is CC(C)NC(=O)[C@H]1CCC[C@H]1Nc1nc(Nc2ccc(C(=O)N(C)C3CCN(C)CC3)cc2)ncc1Br. The molecule has 1 saturated heterocycles. The van der Waals surface area contributed by atoms with Crippen LogP contribution in [0.15, 0.2) is 34.9 Å². The third kappa shape index (κ3) is 6.98. The van der Waals surface area contributed by atoms with Crippen molar-refractivity contribution in [1.82, 2.24) is 25.1 Å². The van der Waals surface area contributed by atoms with E-state index in [-0.39, 0.29) is 35.9 Å². The summed E-state index contributed by atoms with van der Waals surface area (Å²) in [6, 6.07) is 7.83. The van der Waals surface area contributed by atoms with Crippen LogP contribution in [0.4, 0.5) is 17.5 Å². The van der Waals surface area contributed by atoms with Crippen molar-refractivity contribution in [3.05, 3.63) is 40.5 Å². The molecule has 1 aliphatic heterocycles. The van der Waals surface area contributed by atoms with E-state index in [1.54, 1.807) is 6.20 Å². The minimum absolute atomic E-state index is 0.0182. The van der Waals surface area contributed by atoms with Crippen LogP contribution in [0.25, 0.3) is 0 Å². The van der Waals surface area contributed by atoms with Crippen molar-refractivity contribution < 1.29 is 9.59 Å². The van der Waals surface area contributed by atoms with Gasteiger partial charge in [-0.25, -0.2) is 4.98 Å². The maximum atomic E-state index is 13.0. The van der Waals surface area contributed by atoms with Gasteiger partial charge in [0.15, 0.2) is 0 Å². The molecule has 1 aromatic heterocycles. The zero-order valence-corrected chi connectivity index (χ0v) is 23.7. The van der Waals surface area contributed by atoms with Crippen LogP contribution in [-0.2, 0) is 4.79 Å². The molecule has 9 nitrogen and oxygen atoms in total. The number of rotatable bonds is 8. The van der Waals surface area contributed by atoms with Crippen molar-refractivity contribution in [2.24, 2.45) is 5.92 Å². The molecule has 1 saturated carbocycles. The number of amides is 2. The van der Waals surface area contributed by atoms with E-state index in [0.717, 1.165) is 55.4 Å². The van der Waals surface area contributed by atoms with Crippen molar-refractivity contribution >= 4 is 45.2 Å². The summed E-state index contributed by atoms with van der Waals surface area (Å²) in [5.74, 6) is 1.14. The topological polar surface area (TPSA) is 102 Å². The van der Waals surface area contributed by atoms with Crippen LogP contribution in [0, 0.1) is 5.92 Å². The molecule has 10 heteroatoms. The molecule has 3 N–H and O–H groups in total. The molecule has 200 valence electrons. The number of likely N-dealkylation sites (tertiary alicyclic amines) is 1. The summed E-state index contributed by atoms with van der Waals surface area (Å²) in [7, 11) is 4.02. The number of benzene rings is 1. The van der Waals surface area contributed by atoms with Gasteiger partial charge < -0.3 is 25.8 Å². The summed E-state index contributed by atoms with van der Waals surface area (Å²) in [4.78, 5) is 38.8. The lowest BCUT2D eigenvalue weighted by molar-refractivity contribution is -0.125. The minimum Gasteiger partial charge on any atom is -0.365 e. The molecule has 1 aromatic carbocycles. The van der Waals surface area contributed by atoms with Gasteiger partial charge in [0.05, 0.1) is 10.4 Å². The number of carbonyl (C=O) groups excluding carboxylic acids is 2. The Hall–Kier alpha value is -2.72. The van der Waals surface area contributed by atoms with Gasteiger partial charge in [-0.3, -0.25) is 9.59 Å². The van der Waals surface area contributed by atoms with E-state index < -0.39 is 0 Å². The van der Waals surface area contributed by atoms with E-state index in [4.69, 9.17) is 0 Å². The molecule has 0 spiro atoms. The van der Waals surface area contributed by atoms with Gasteiger partial charge in [0.1, 0.15) is 5.82 Å². The quantitative estimate of drug-likeness (QED) is 0.435.